The normalized spacial score (nSPS) is 10.3. The fourth-order valence-electron chi connectivity index (χ4n) is 2.12. The summed E-state index contributed by atoms with van der Waals surface area (Å²) < 4.78 is 0. The van der Waals surface area contributed by atoms with Crippen molar-refractivity contribution < 1.29 is 0 Å². The van der Waals surface area contributed by atoms with Crippen molar-refractivity contribution in [3.8, 4) is 11.3 Å². The van der Waals surface area contributed by atoms with E-state index in [1.165, 1.54) is 0 Å². The van der Waals surface area contributed by atoms with Crippen LogP contribution in [0.3, 0.4) is 0 Å². The Bertz CT molecular complexity index is 759. The first-order valence-corrected chi connectivity index (χ1v) is 6.65. The Morgan fingerprint density at radius 2 is 1.76 bits per heavy atom. The molecule has 0 atom stereocenters. The average Bonchev–Trinajstić information content (AvgIpc) is 2.99. The third-order valence-electron chi connectivity index (χ3n) is 3.18. The van der Waals surface area contributed by atoms with Crippen LogP contribution in [0, 0.1) is 0 Å². The molecule has 0 aliphatic rings. The summed E-state index contributed by atoms with van der Waals surface area (Å²) in [5, 5.41) is 10.6. The SMILES string of the molecule is C=C(N)c1cc(-c2ccccc2Nc2ccccc2)n[nH]1. The first-order chi connectivity index (χ1) is 10.2. The van der Waals surface area contributed by atoms with Crippen LogP contribution in [-0.2, 0) is 0 Å². The largest absolute Gasteiger partial charge is 0.397 e. The minimum atomic E-state index is 0.474. The van der Waals surface area contributed by atoms with Gasteiger partial charge in [0.15, 0.2) is 0 Å². The van der Waals surface area contributed by atoms with Gasteiger partial charge in [-0.15, -0.1) is 0 Å². The Labute approximate surface area is 123 Å². The van der Waals surface area contributed by atoms with Gasteiger partial charge in [-0.05, 0) is 24.3 Å². The lowest BCUT2D eigenvalue weighted by atomic mass is 10.1. The van der Waals surface area contributed by atoms with Crippen LogP contribution in [0.5, 0.6) is 0 Å². The zero-order valence-corrected chi connectivity index (χ0v) is 11.5. The molecule has 0 aliphatic heterocycles. The summed E-state index contributed by atoms with van der Waals surface area (Å²) in [5.74, 6) is 0. The van der Waals surface area contributed by atoms with Crippen LogP contribution >= 0.6 is 0 Å². The third-order valence-corrected chi connectivity index (χ3v) is 3.18. The second-order valence-electron chi connectivity index (χ2n) is 4.73. The summed E-state index contributed by atoms with van der Waals surface area (Å²) in [6.07, 6.45) is 0. The van der Waals surface area contributed by atoms with Gasteiger partial charge in [-0.3, -0.25) is 5.10 Å². The number of nitrogens with zero attached hydrogens (tertiary/aromatic N) is 1. The third kappa shape index (κ3) is 2.79. The molecule has 104 valence electrons. The van der Waals surface area contributed by atoms with E-state index in [4.69, 9.17) is 5.73 Å². The maximum Gasteiger partial charge on any atom is 0.0948 e. The maximum atomic E-state index is 5.69. The van der Waals surface area contributed by atoms with Gasteiger partial charge >= 0.3 is 0 Å². The topological polar surface area (TPSA) is 66.7 Å². The van der Waals surface area contributed by atoms with Gasteiger partial charge in [0, 0.05) is 22.6 Å². The molecule has 21 heavy (non-hydrogen) atoms. The number of aromatic nitrogens is 2. The second-order valence-corrected chi connectivity index (χ2v) is 4.73. The van der Waals surface area contributed by atoms with Crippen LogP contribution in [0.4, 0.5) is 11.4 Å². The Morgan fingerprint density at radius 1 is 1.05 bits per heavy atom. The van der Waals surface area contributed by atoms with Gasteiger partial charge in [0.2, 0.25) is 0 Å². The number of anilines is 2. The Hall–Kier alpha value is -3.01. The van der Waals surface area contributed by atoms with E-state index in [1.54, 1.807) is 0 Å². The molecule has 0 unspecified atom stereocenters. The number of benzene rings is 2. The van der Waals surface area contributed by atoms with Crippen molar-refractivity contribution in [2.75, 3.05) is 5.32 Å². The van der Waals surface area contributed by atoms with Crippen molar-refractivity contribution in [3.63, 3.8) is 0 Å². The molecule has 4 nitrogen and oxygen atoms in total. The number of para-hydroxylation sites is 2. The molecule has 3 rings (SSSR count). The number of nitrogens with one attached hydrogen (secondary N) is 2. The monoisotopic (exact) mass is 276 g/mol. The molecule has 0 amide bonds. The van der Waals surface area contributed by atoms with Crippen LogP contribution in [-0.4, -0.2) is 10.2 Å². The molecular weight excluding hydrogens is 260 g/mol. The number of rotatable bonds is 4. The van der Waals surface area contributed by atoms with Gasteiger partial charge in [-0.2, -0.15) is 5.10 Å². The van der Waals surface area contributed by atoms with Crippen LogP contribution < -0.4 is 11.1 Å². The summed E-state index contributed by atoms with van der Waals surface area (Å²) in [6.45, 7) is 3.71. The lowest BCUT2D eigenvalue weighted by molar-refractivity contribution is 1.07. The summed E-state index contributed by atoms with van der Waals surface area (Å²) in [4.78, 5) is 0. The van der Waals surface area contributed by atoms with E-state index in [2.05, 4.69) is 22.1 Å². The lowest BCUT2D eigenvalue weighted by Gasteiger charge is -2.10. The predicted octanol–water partition coefficient (Wildman–Crippen LogP) is 3.75. The highest BCUT2D eigenvalue weighted by atomic mass is 15.1. The van der Waals surface area contributed by atoms with E-state index in [-0.39, 0.29) is 0 Å². The minimum absolute atomic E-state index is 0.474. The first-order valence-electron chi connectivity index (χ1n) is 6.65. The standard InChI is InChI=1S/C17H16N4/c1-12(18)16-11-17(21-20-16)14-9-5-6-10-15(14)19-13-7-3-2-4-8-13/h2-11,19H,1,18H2,(H,20,21). The molecule has 0 radical (unpaired) electrons. The van der Waals surface area contributed by atoms with Crippen molar-refractivity contribution in [2.45, 2.75) is 0 Å². The molecule has 0 spiro atoms. The smallest absolute Gasteiger partial charge is 0.0948 e. The van der Waals surface area contributed by atoms with Crippen LogP contribution in [0.2, 0.25) is 0 Å². The zero-order valence-electron chi connectivity index (χ0n) is 11.5. The molecule has 1 heterocycles. The van der Waals surface area contributed by atoms with Gasteiger partial charge in [-0.25, -0.2) is 0 Å². The molecular formula is C17H16N4. The lowest BCUT2D eigenvalue weighted by Crippen LogP contribution is -1.93. The van der Waals surface area contributed by atoms with E-state index in [0.717, 1.165) is 28.3 Å². The fraction of sp³-hybridized carbons (Fsp3) is 0. The van der Waals surface area contributed by atoms with Crippen molar-refractivity contribution >= 4 is 17.1 Å². The molecule has 0 aliphatic carbocycles. The fourth-order valence-corrected chi connectivity index (χ4v) is 2.12. The molecule has 2 aromatic carbocycles. The highest BCUT2D eigenvalue weighted by Crippen LogP contribution is 2.29. The molecule has 0 fully saturated rings. The van der Waals surface area contributed by atoms with Crippen molar-refractivity contribution in [2.24, 2.45) is 5.73 Å². The summed E-state index contributed by atoms with van der Waals surface area (Å²) >= 11 is 0. The minimum Gasteiger partial charge on any atom is -0.397 e. The number of hydrogen-bond donors (Lipinski definition) is 3. The summed E-state index contributed by atoms with van der Waals surface area (Å²) in [7, 11) is 0. The van der Waals surface area contributed by atoms with E-state index in [0.29, 0.717) is 5.70 Å². The molecule has 1 aromatic heterocycles. The highest BCUT2D eigenvalue weighted by Gasteiger charge is 2.09. The number of hydrogen-bond acceptors (Lipinski definition) is 3. The number of aromatic amines is 1. The molecule has 0 saturated carbocycles. The second kappa shape index (κ2) is 5.54. The van der Waals surface area contributed by atoms with Crippen molar-refractivity contribution in [1.29, 1.82) is 0 Å². The van der Waals surface area contributed by atoms with Gasteiger partial charge < -0.3 is 11.1 Å². The summed E-state index contributed by atoms with van der Waals surface area (Å²) in [6, 6.07) is 19.9. The van der Waals surface area contributed by atoms with E-state index >= 15 is 0 Å². The van der Waals surface area contributed by atoms with Gasteiger partial charge in [0.05, 0.1) is 11.4 Å². The molecule has 0 bridgehead atoms. The van der Waals surface area contributed by atoms with Crippen LogP contribution in [0.25, 0.3) is 17.0 Å². The molecule has 3 aromatic rings. The zero-order chi connectivity index (χ0) is 14.7. The first kappa shape index (κ1) is 13.0. The van der Waals surface area contributed by atoms with E-state index < -0.39 is 0 Å². The Balaban J connectivity index is 1.97. The average molecular weight is 276 g/mol. The van der Waals surface area contributed by atoms with Crippen LogP contribution in [0.15, 0.2) is 67.2 Å². The molecule has 0 saturated heterocycles. The van der Waals surface area contributed by atoms with E-state index in [9.17, 15) is 0 Å². The number of nitrogens with two attached hydrogens (primary N) is 1. The number of H-pyrrole nitrogens is 1. The van der Waals surface area contributed by atoms with E-state index in [1.807, 2.05) is 60.7 Å². The highest BCUT2D eigenvalue weighted by molar-refractivity contribution is 5.80. The maximum absolute atomic E-state index is 5.69. The Morgan fingerprint density at radius 3 is 2.48 bits per heavy atom. The molecule has 4 heteroatoms. The van der Waals surface area contributed by atoms with Crippen molar-refractivity contribution in [1.82, 2.24) is 10.2 Å². The Kier molecular flexibility index (Phi) is 3.43. The predicted molar refractivity (Wildman–Crippen MR) is 87.0 cm³/mol. The van der Waals surface area contributed by atoms with Crippen LogP contribution in [0.1, 0.15) is 5.69 Å². The van der Waals surface area contributed by atoms with Gasteiger partial charge in [0.25, 0.3) is 0 Å². The van der Waals surface area contributed by atoms with Crippen molar-refractivity contribution in [3.05, 3.63) is 72.9 Å². The quantitative estimate of drug-likeness (QED) is 0.680. The van der Waals surface area contributed by atoms with Gasteiger partial charge in [-0.1, -0.05) is 43.0 Å². The van der Waals surface area contributed by atoms with Gasteiger partial charge in [0.1, 0.15) is 0 Å². The molecule has 4 N–H and O–H groups in total. The summed E-state index contributed by atoms with van der Waals surface area (Å²) in [5.41, 5.74) is 10.8.